The average Bonchev–Trinajstić information content (AvgIpc) is 1.91. The molecule has 0 atom stereocenters. The zero-order valence-corrected chi connectivity index (χ0v) is 7.80. The molecule has 0 aliphatic carbocycles. The van der Waals surface area contributed by atoms with Gasteiger partial charge in [0, 0.05) is 0 Å². The van der Waals surface area contributed by atoms with Gasteiger partial charge >= 0.3 is 69.7 Å². The van der Waals surface area contributed by atoms with E-state index in [9.17, 15) is 0 Å². The molecular weight excluding hydrogens is 218 g/mol. The van der Waals surface area contributed by atoms with Gasteiger partial charge in [0.1, 0.15) is 0 Å². The van der Waals surface area contributed by atoms with Crippen LogP contribution in [0.1, 0.15) is 5.56 Å². The van der Waals surface area contributed by atoms with E-state index in [-0.39, 0.29) is 0 Å². The summed E-state index contributed by atoms with van der Waals surface area (Å²) in [6.07, 6.45) is 1.23. The first-order valence-corrected chi connectivity index (χ1v) is 4.89. The van der Waals surface area contributed by atoms with Crippen LogP contribution in [0.5, 0.6) is 0 Å². The van der Waals surface area contributed by atoms with Crippen molar-refractivity contribution in [2.45, 2.75) is 10.8 Å². The van der Waals surface area contributed by atoms with Crippen molar-refractivity contribution in [2.75, 3.05) is 0 Å². The van der Waals surface area contributed by atoms with Gasteiger partial charge in [0.25, 0.3) is 0 Å². The molecule has 46 valence electrons. The van der Waals surface area contributed by atoms with Crippen molar-refractivity contribution in [1.29, 1.82) is 0 Å². The molecule has 0 nitrogen and oxygen atoms in total. The van der Waals surface area contributed by atoms with Gasteiger partial charge in [-0.05, 0) is 0 Å². The molecule has 0 aliphatic rings. The van der Waals surface area contributed by atoms with Crippen molar-refractivity contribution >= 4 is 23.0 Å². The van der Waals surface area contributed by atoms with Crippen molar-refractivity contribution in [3.63, 3.8) is 0 Å². The Hall–Kier alpha value is 0.0382. The summed E-state index contributed by atoms with van der Waals surface area (Å²) in [6.45, 7) is 0. The third-order valence-electron chi connectivity index (χ3n) is 1.24. The monoisotopic (exact) mass is 226 g/mol. The molecule has 1 heteroatoms. The summed E-state index contributed by atoms with van der Waals surface area (Å²) in [5.41, 5.74) is 1.46. The molecule has 1 aromatic rings. The van der Waals surface area contributed by atoms with Crippen LogP contribution in [0, 0.1) is 0 Å². The zero-order chi connectivity index (χ0) is 6.53. The molecule has 0 saturated carbocycles. The second-order valence-electron chi connectivity index (χ2n) is 1.96. The van der Waals surface area contributed by atoms with Gasteiger partial charge in [-0.1, -0.05) is 0 Å². The molecule has 0 bridgehead atoms. The van der Waals surface area contributed by atoms with Gasteiger partial charge in [0.05, 0.1) is 0 Å². The van der Waals surface area contributed by atoms with E-state index in [1.54, 1.807) is 0 Å². The van der Waals surface area contributed by atoms with Gasteiger partial charge in [0.2, 0.25) is 0 Å². The molecule has 0 saturated heterocycles. The molecule has 0 N–H and O–H groups in total. The maximum atomic E-state index is 2.18. The standard InChI is InChI=1S/C8H9.Sb/c1-2-8-6-4-3-5-7-8;/h3-7H,1-2H2;. The van der Waals surface area contributed by atoms with Crippen LogP contribution >= 0.6 is 0 Å². The van der Waals surface area contributed by atoms with Crippen LogP contribution in [0.2, 0.25) is 4.37 Å². The van der Waals surface area contributed by atoms with Crippen LogP contribution < -0.4 is 0 Å². The van der Waals surface area contributed by atoms with Crippen LogP contribution in [0.4, 0.5) is 0 Å². The fourth-order valence-electron chi connectivity index (χ4n) is 0.774. The number of hydrogen-bond acceptors (Lipinski definition) is 0. The molecule has 1 rings (SSSR count). The van der Waals surface area contributed by atoms with Gasteiger partial charge < -0.3 is 0 Å². The Morgan fingerprint density at radius 1 is 1.11 bits per heavy atom. The molecule has 0 fully saturated rings. The minimum absolute atomic E-state index is 1.23. The van der Waals surface area contributed by atoms with Crippen molar-refractivity contribution < 1.29 is 0 Å². The second kappa shape index (κ2) is 3.95. The van der Waals surface area contributed by atoms with Crippen molar-refractivity contribution in [3.05, 3.63) is 35.9 Å². The summed E-state index contributed by atoms with van der Waals surface area (Å²) in [6, 6.07) is 10.6. The second-order valence-corrected chi connectivity index (χ2v) is 3.24. The van der Waals surface area contributed by atoms with Gasteiger partial charge in [-0.25, -0.2) is 0 Å². The van der Waals surface area contributed by atoms with Gasteiger partial charge in [0.15, 0.2) is 0 Å². The van der Waals surface area contributed by atoms with E-state index in [1.165, 1.54) is 16.4 Å². The molecule has 0 heterocycles. The summed E-state index contributed by atoms with van der Waals surface area (Å²) in [5.74, 6) is 0. The van der Waals surface area contributed by atoms with Gasteiger partial charge in [-0.2, -0.15) is 0 Å². The topological polar surface area (TPSA) is 0 Å². The summed E-state index contributed by atoms with van der Waals surface area (Å²) >= 11 is 1.89. The molecule has 2 radical (unpaired) electrons. The van der Waals surface area contributed by atoms with Crippen LogP contribution in [-0.2, 0) is 6.42 Å². The Balaban J connectivity index is 2.61. The molecule has 9 heavy (non-hydrogen) atoms. The summed E-state index contributed by atoms with van der Waals surface area (Å²) in [4.78, 5) is 0. The fourth-order valence-corrected chi connectivity index (χ4v) is 1.51. The molecule has 1 aromatic carbocycles. The predicted octanol–water partition coefficient (Wildman–Crippen LogP) is 1.82. The fraction of sp³-hybridized carbons (Fsp3) is 0.250. The Morgan fingerprint density at radius 3 is 2.33 bits per heavy atom. The first kappa shape index (κ1) is 7.15. The summed E-state index contributed by atoms with van der Waals surface area (Å²) < 4.78 is 1.29. The average molecular weight is 227 g/mol. The van der Waals surface area contributed by atoms with Gasteiger partial charge in [-0.15, -0.1) is 0 Å². The summed E-state index contributed by atoms with van der Waals surface area (Å²) in [5, 5.41) is 0. The molecule has 0 spiro atoms. The normalized spacial score (nSPS) is 9.44. The number of rotatable bonds is 2. The first-order valence-electron chi connectivity index (χ1n) is 3.08. The van der Waals surface area contributed by atoms with E-state index in [4.69, 9.17) is 0 Å². The van der Waals surface area contributed by atoms with E-state index in [0.717, 1.165) is 0 Å². The maximum absolute atomic E-state index is 2.18. The molecule has 0 amide bonds. The van der Waals surface area contributed by atoms with Crippen molar-refractivity contribution in [1.82, 2.24) is 0 Å². The summed E-state index contributed by atoms with van der Waals surface area (Å²) in [7, 11) is 0. The third-order valence-corrected chi connectivity index (χ3v) is 1.88. The van der Waals surface area contributed by atoms with E-state index in [2.05, 4.69) is 30.3 Å². The van der Waals surface area contributed by atoms with Crippen molar-refractivity contribution in [3.8, 4) is 0 Å². The molecule has 0 aromatic heterocycles. The van der Waals surface area contributed by atoms with E-state index in [1.807, 2.05) is 23.0 Å². The minimum atomic E-state index is 1.23. The van der Waals surface area contributed by atoms with Crippen LogP contribution in [-0.4, -0.2) is 23.0 Å². The quantitative estimate of drug-likeness (QED) is 0.676. The Bertz CT molecular complexity index is 157. The van der Waals surface area contributed by atoms with Crippen LogP contribution in [0.25, 0.3) is 0 Å². The van der Waals surface area contributed by atoms with E-state index < -0.39 is 0 Å². The molecule has 0 unspecified atom stereocenters. The Kier molecular flexibility index (Phi) is 3.14. The molecule has 0 aliphatic heterocycles. The zero-order valence-electron chi connectivity index (χ0n) is 5.25. The SMILES string of the molecule is [Sb][CH2]Cc1ccccc1. The predicted molar refractivity (Wildman–Crippen MR) is 40.7 cm³/mol. The number of benzene rings is 1. The number of aryl methyl sites for hydroxylation is 1. The van der Waals surface area contributed by atoms with E-state index >= 15 is 0 Å². The van der Waals surface area contributed by atoms with E-state index in [0.29, 0.717) is 0 Å². The Labute approximate surface area is 69.8 Å². The third kappa shape index (κ3) is 2.41. The van der Waals surface area contributed by atoms with Crippen molar-refractivity contribution in [2.24, 2.45) is 0 Å². The van der Waals surface area contributed by atoms with Gasteiger partial charge in [-0.3, -0.25) is 0 Å². The van der Waals surface area contributed by atoms with Crippen LogP contribution in [0.3, 0.4) is 0 Å². The van der Waals surface area contributed by atoms with Crippen LogP contribution in [0.15, 0.2) is 30.3 Å². The molecular formula is C8H9Sb. The Morgan fingerprint density at radius 2 is 1.78 bits per heavy atom. The number of hydrogen-bond donors (Lipinski definition) is 0. The first-order chi connectivity index (χ1) is 4.43.